The van der Waals surface area contributed by atoms with Crippen molar-refractivity contribution in [3.05, 3.63) is 35.5 Å². The van der Waals surface area contributed by atoms with E-state index < -0.39 is 11.7 Å². The minimum Gasteiger partial charge on any atom is -0.481 e. The number of aromatic nitrogens is 2. The van der Waals surface area contributed by atoms with E-state index in [0.29, 0.717) is 67.7 Å². The summed E-state index contributed by atoms with van der Waals surface area (Å²) < 4.78 is 15.5. The van der Waals surface area contributed by atoms with Crippen molar-refractivity contribution >= 4 is 41.0 Å². The van der Waals surface area contributed by atoms with Gasteiger partial charge in [0.05, 0.1) is 31.0 Å². The molecule has 2 amide bonds. The Morgan fingerprint density at radius 1 is 1.11 bits per heavy atom. The van der Waals surface area contributed by atoms with E-state index in [0.717, 1.165) is 12.1 Å². The number of benzene rings is 1. The normalized spacial score (nSPS) is 10.6. The first-order valence-electron chi connectivity index (χ1n) is 14.5. The Hall–Kier alpha value is -4.57. The number of unbranched alkanes of at least 4 members (excludes halogenated alkanes) is 1. The monoisotopic (exact) mass is 610 g/mol. The highest BCUT2D eigenvalue weighted by molar-refractivity contribution is 5.98. The number of rotatable bonds is 15. The minimum atomic E-state index is -0.622. The lowest BCUT2D eigenvalue weighted by Crippen LogP contribution is -2.41. The third-order valence-electron chi connectivity index (χ3n) is 5.79. The molecule has 2 aromatic rings. The molecular formula is C31H46N8O5. The van der Waals surface area contributed by atoms with Crippen LogP contribution in [0.3, 0.4) is 0 Å². The summed E-state index contributed by atoms with van der Waals surface area (Å²) in [5.74, 6) is 6.99. The Bertz CT molecular complexity index is 1320. The second kappa shape index (κ2) is 18.2. The largest absolute Gasteiger partial charge is 0.481 e. The van der Waals surface area contributed by atoms with Crippen LogP contribution in [0.5, 0.6) is 0 Å². The first kappa shape index (κ1) is 35.6. The van der Waals surface area contributed by atoms with Gasteiger partial charge in [-0.25, -0.2) is 9.78 Å². The molecule has 0 unspecified atom stereocenters. The molecule has 1 aromatic carbocycles. The molecule has 0 radical (unpaired) electrons. The van der Waals surface area contributed by atoms with E-state index in [1.54, 1.807) is 40.1 Å². The van der Waals surface area contributed by atoms with E-state index in [1.807, 2.05) is 12.1 Å². The van der Waals surface area contributed by atoms with Crippen LogP contribution in [0.1, 0.15) is 58.1 Å². The Kier molecular flexibility index (Phi) is 14.7. The fourth-order valence-corrected chi connectivity index (χ4v) is 3.64. The van der Waals surface area contributed by atoms with Crippen molar-refractivity contribution < 1.29 is 23.8 Å². The van der Waals surface area contributed by atoms with Gasteiger partial charge in [0.25, 0.3) is 0 Å². The molecule has 5 N–H and O–H groups in total. The lowest BCUT2D eigenvalue weighted by molar-refractivity contribution is -0.122. The van der Waals surface area contributed by atoms with Gasteiger partial charge in [-0.15, -0.1) is 0 Å². The maximum absolute atomic E-state index is 12.2. The van der Waals surface area contributed by atoms with E-state index in [-0.39, 0.29) is 18.3 Å². The minimum absolute atomic E-state index is 0.0260. The number of hydrogen-bond acceptors (Lipinski definition) is 11. The van der Waals surface area contributed by atoms with Gasteiger partial charge in [0, 0.05) is 51.6 Å². The van der Waals surface area contributed by atoms with Gasteiger partial charge < -0.3 is 40.4 Å². The molecule has 0 atom stereocenters. The van der Waals surface area contributed by atoms with Crippen LogP contribution in [0.2, 0.25) is 0 Å². The molecule has 44 heavy (non-hydrogen) atoms. The number of hydrogen-bond donors (Lipinski definition) is 5. The van der Waals surface area contributed by atoms with Crippen molar-refractivity contribution in [3.63, 3.8) is 0 Å². The third-order valence-corrected chi connectivity index (χ3v) is 5.79. The van der Waals surface area contributed by atoms with E-state index >= 15 is 0 Å². The predicted octanol–water partition coefficient (Wildman–Crippen LogP) is 4.19. The quantitative estimate of drug-likeness (QED) is 0.0855. The summed E-state index contributed by atoms with van der Waals surface area (Å²) in [7, 11) is 4.61. The van der Waals surface area contributed by atoms with Crippen LogP contribution in [0.25, 0.3) is 0 Å². The van der Waals surface area contributed by atoms with Crippen LogP contribution in [0.15, 0.2) is 24.4 Å². The molecule has 0 spiro atoms. The van der Waals surface area contributed by atoms with Gasteiger partial charge in [-0.1, -0.05) is 18.8 Å². The summed E-state index contributed by atoms with van der Waals surface area (Å²) in [4.78, 5) is 34.5. The smallest absolute Gasteiger partial charge is 0.410 e. The summed E-state index contributed by atoms with van der Waals surface area (Å²) in [5.41, 5.74) is 2.07. The highest BCUT2D eigenvalue weighted by Gasteiger charge is 2.21. The second-order valence-electron chi connectivity index (χ2n) is 10.8. The molecule has 2 rings (SSSR count). The van der Waals surface area contributed by atoms with Crippen LogP contribution < -0.4 is 21.3 Å². The van der Waals surface area contributed by atoms with Crippen molar-refractivity contribution in [1.29, 1.82) is 5.41 Å². The van der Waals surface area contributed by atoms with Crippen molar-refractivity contribution in [2.24, 2.45) is 0 Å². The van der Waals surface area contributed by atoms with E-state index in [9.17, 15) is 9.59 Å². The first-order valence-corrected chi connectivity index (χ1v) is 14.5. The Morgan fingerprint density at radius 3 is 2.57 bits per heavy atom. The third kappa shape index (κ3) is 12.7. The molecule has 13 nitrogen and oxygen atoms in total. The number of anilines is 4. The average molecular weight is 611 g/mol. The number of nitrogens with one attached hydrogen (secondary N) is 5. The van der Waals surface area contributed by atoms with Crippen LogP contribution in [0.4, 0.5) is 27.9 Å². The summed E-state index contributed by atoms with van der Waals surface area (Å²) in [6.45, 7) is 9.56. The number of nitrogens with zero attached hydrogens (tertiary/aromatic N) is 3. The summed E-state index contributed by atoms with van der Waals surface area (Å²) >= 11 is 0. The predicted molar refractivity (Wildman–Crippen MR) is 173 cm³/mol. The number of amides is 2. The van der Waals surface area contributed by atoms with Crippen LogP contribution in [-0.4, -0.2) is 92.4 Å². The molecule has 0 saturated carbocycles. The Labute approximate surface area is 260 Å². The standard InChI is InChI=1S/C31H46N8O5/c1-8-15-35-28-22(12-10-9-11-16-34-26(40)21-39(5)30(41)44-31(2,3)4)20-36-29(38-28)37-23-13-14-25(33-17-18-42-6)24(19-23)27(32)43-7/h13-14,19-20,32-33H,8-9,11,15-18,21H2,1-7H3,(H,34,40)(H2,35,36,37,38). The number of likely N-dealkylation sites (N-methyl/N-ethyl adjacent to an activating group) is 1. The molecular weight excluding hydrogens is 564 g/mol. The van der Waals surface area contributed by atoms with Crippen molar-refractivity contribution in [3.8, 4) is 11.8 Å². The van der Waals surface area contributed by atoms with Crippen molar-refractivity contribution in [2.45, 2.75) is 52.6 Å². The Morgan fingerprint density at radius 2 is 1.89 bits per heavy atom. The maximum atomic E-state index is 12.2. The topological polar surface area (TPSA) is 163 Å². The zero-order chi connectivity index (χ0) is 32.5. The molecule has 0 saturated heterocycles. The van der Waals surface area contributed by atoms with E-state index in [2.05, 4.69) is 50.0 Å². The molecule has 0 aliphatic heterocycles. The van der Waals surface area contributed by atoms with E-state index in [4.69, 9.17) is 19.6 Å². The Balaban J connectivity index is 2.00. The molecule has 1 heterocycles. The van der Waals surface area contributed by atoms with Gasteiger partial charge in [-0.3, -0.25) is 10.2 Å². The number of ether oxygens (including phenoxy) is 3. The van der Waals surface area contributed by atoms with Crippen molar-refractivity contribution in [2.75, 3.05) is 70.0 Å². The van der Waals surface area contributed by atoms with Gasteiger partial charge >= 0.3 is 6.09 Å². The molecule has 0 fully saturated rings. The lowest BCUT2D eigenvalue weighted by atomic mass is 10.1. The fourth-order valence-electron chi connectivity index (χ4n) is 3.64. The van der Waals surface area contributed by atoms with Gasteiger partial charge in [0.1, 0.15) is 18.0 Å². The second-order valence-corrected chi connectivity index (χ2v) is 10.8. The summed E-state index contributed by atoms with van der Waals surface area (Å²) in [5, 5.41) is 20.7. The van der Waals surface area contributed by atoms with Crippen LogP contribution in [-0.2, 0) is 19.0 Å². The van der Waals surface area contributed by atoms with Crippen LogP contribution in [0, 0.1) is 17.3 Å². The number of carbonyl (C=O) groups is 2. The highest BCUT2D eigenvalue weighted by Crippen LogP contribution is 2.24. The van der Waals surface area contributed by atoms with Gasteiger partial charge in [0.15, 0.2) is 0 Å². The van der Waals surface area contributed by atoms with Gasteiger partial charge in [-0.2, -0.15) is 4.98 Å². The summed E-state index contributed by atoms with van der Waals surface area (Å²) in [6.07, 6.45) is 3.21. The summed E-state index contributed by atoms with van der Waals surface area (Å²) in [6, 6.07) is 5.52. The fraction of sp³-hybridized carbons (Fsp3) is 0.516. The first-order chi connectivity index (χ1) is 21.0. The number of methoxy groups -OCH3 is 2. The molecule has 1 aromatic heterocycles. The number of carbonyl (C=O) groups excluding carboxylic acids is 2. The van der Waals surface area contributed by atoms with E-state index in [1.165, 1.54) is 19.1 Å². The highest BCUT2D eigenvalue weighted by atomic mass is 16.6. The van der Waals surface area contributed by atoms with Crippen LogP contribution >= 0.6 is 0 Å². The molecule has 240 valence electrons. The lowest BCUT2D eigenvalue weighted by Gasteiger charge is -2.24. The van der Waals surface area contributed by atoms with Gasteiger partial charge in [-0.05, 0) is 51.8 Å². The SMILES string of the molecule is CCCNc1nc(Nc2ccc(NCCOC)c(C(=N)OC)c2)ncc1C#CCCCNC(=O)CN(C)C(=O)OC(C)(C)C. The maximum Gasteiger partial charge on any atom is 0.410 e. The zero-order valence-corrected chi connectivity index (χ0v) is 26.8. The zero-order valence-electron chi connectivity index (χ0n) is 26.8. The molecule has 13 heteroatoms. The molecule has 0 aliphatic rings. The molecule has 0 bridgehead atoms. The molecule has 0 aliphatic carbocycles. The average Bonchev–Trinajstić information content (AvgIpc) is 2.97. The van der Waals surface area contributed by atoms with Gasteiger partial charge in [0.2, 0.25) is 17.8 Å². The van der Waals surface area contributed by atoms with Crippen molar-refractivity contribution in [1.82, 2.24) is 20.2 Å².